The summed E-state index contributed by atoms with van der Waals surface area (Å²) >= 11 is 0. The lowest BCUT2D eigenvalue weighted by Gasteiger charge is -2.26. The number of H-pyrrole nitrogens is 2. The summed E-state index contributed by atoms with van der Waals surface area (Å²) in [5.41, 5.74) is 4.90. The van der Waals surface area contributed by atoms with Crippen LogP contribution in [-0.4, -0.2) is 128 Å². The van der Waals surface area contributed by atoms with Crippen LogP contribution in [0.3, 0.4) is 0 Å². The first kappa shape index (κ1) is 45.1. The van der Waals surface area contributed by atoms with Crippen LogP contribution >= 0.6 is 0 Å². The molecule has 2 aromatic carbocycles. The van der Waals surface area contributed by atoms with Gasteiger partial charge in [-0.1, -0.05) is 71.8 Å². The number of rotatable bonds is 17. The highest BCUT2D eigenvalue weighted by molar-refractivity contribution is 5.95. The molecule has 0 atom stereocenters. The van der Waals surface area contributed by atoms with Crippen molar-refractivity contribution in [1.29, 1.82) is 0 Å². The first-order valence-corrected chi connectivity index (χ1v) is 21.5. The molecule has 2 fully saturated rings. The van der Waals surface area contributed by atoms with Crippen molar-refractivity contribution >= 4 is 65.1 Å². The fourth-order valence-corrected chi connectivity index (χ4v) is 6.75. The zero-order valence-corrected chi connectivity index (χ0v) is 36.3. The smallest absolute Gasteiger partial charge is 0.226 e. The van der Waals surface area contributed by atoms with Crippen LogP contribution in [0, 0.1) is 13.8 Å². The molecule has 1 amide bonds. The number of benzene rings is 2. The van der Waals surface area contributed by atoms with Crippen molar-refractivity contribution in [1.82, 2.24) is 50.1 Å². The Morgan fingerprint density at radius 1 is 0.609 bits per heavy atom. The van der Waals surface area contributed by atoms with Crippen LogP contribution in [0.15, 0.2) is 85.2 Å². The van der Waals surface area contributed by atoms with E-state index in [0.29, 0.717) is 79.0 Å². The molecular formula is C47H55N13O4. The average molecular weight is 866 g/mol. The molecule has 8 rings (SSSR count). The van der Waals surface area contributed by atoms with Gasteiger partial charge in [0.15, 0.2) is 17.4 Å². The molecule has 4 aromatic heterocycles. The molecule has 0 aliphatic carbocycles. The zero-order chi connectivity index (χ0) is 44.4. The fourth-order valence-electron chi connectivity index (χ4n) is 6.75. The predicted molar refractivity (Wildman–Crippen MR) is 249 cm³/mol. The van der Waals surface area contributed by atoms with E-state index in [-0.39, 0.29) is 11.7 Å². The number of nitrogens with zero attached hydrogens (tertiary/aromatic N) is 8. The number of carbonyl (C=O) groups excluding carboxylic acids is 2. The van der Waals surface area contributed by atoms with Gasteiger partial charge in [0.25, 0.3) is 0 Å². The number of hydrogen-bond acceptors (Lipinski definition) is 14. The number of nitrogens with one attached hydrogen (secondary N) is 5. The van der Waals surface area contributed by atoms with E-state index in [0.717, 1.165) is 63.5 Å². The number of aryl methyl sites for hydroxylation is 2. The molecule has 2 saturated heterocycles. The van der Waals surface area contributed by atoms with Crippen molar-refractivity contribution in [2.45, 2.75) is 33.1 Å². The minimum absolute atomic E-state index is 0.0123. The maximum Gasteiger partial charge on any atom is 0.226 e. The molecule has 5 N–H and O–H groups in total. The number of morpholine rings is 2. The highest BCUT2D eigenvalue weighted by atomic mass is 16.5. The van der Waals surface area contributed by atoms with Crippen LogP contribution in [0.2, 0.25) is 0 Å². The molecule has 17 heteroatoms. The maximum absolute atomic E-state index is 12.9. The number of aromatic amines is 2. The van der Waals surface area contributed by atoms with Crippen molar-refractivity contribution in [2.24, 2.45) is 0 Å². The highest BCUT2D eigenvalue weighted by Gasteiger charge is 2.16. The van der Waals surface area contributed by atoms with E-state index in [1.807, 2.05) is 48.6 Å². The van der Waals surface area contributed by atoms with E-state index >= 15 is 0 Å². The summed E-state index contributed by atoms with van der Waals surface area (Å²) in [6.45, 7) is 12.2. The largest absolute Gasteiger partial charge is 0.379 e. The molecule has 332 valence electrons. The Balaban J connectivity index is 0.000000191. The van der Waals surface area contributed by atoms with Gasteiger partial charge >= 0.3 is 0 Å². The average Bonchev–Trinajstić information content (AvgIpc) is 4.04. The van der Waals surface area contributed by atoms with E-state index in [1.165, 1.54) is 11.1 Å². The Labute approximate surface area is 372 Å². The molecule has 2 aliphatic rings. The van der Waals surface area contributed by atoms with Crippen molar-refractivity contribution in [2.75, 3.05) is 81.6 Å². The van der Waals surface area contributed by atoms with Crippen LogP contribution < -0.4 is 16.0 Å². The van der Waals surface area contributed by atoms with Crippen molar-refractivity contribution in [3.63, 3.8) is 0 Å². The van der Waals surface area contributed by atoms with Gasteiger partial charge in [0.1, 0.15) is 34.8 Å². The minimum Gasteiger partial charge on any atom is -0.379 e. The Morgan fingerprint density at radius 3 is 1.64 bits per heavy atom. The minimum atomic E-state index is -0.0869. The molecular weight excluding hydrogens is 811 g/mol. The third-order valence-electron chi connectivity index (χ3n) is 10.3. The standard InChI is InChI=1S/C24H28N6O2.C23H27N7O2/c1-18-4-6-19(7-5-18)8-9-22-26-20(17-24(27-22)28-23-10-11-25-29-23)21(31)3-2-12-30-13-15-32-16-14-30;1-17-2-4-18(5-3-17)6-7-19-25-21(27-20-8-10-24-29-20)16-22(26-19)28-23(31)9-11-30-12-14-32-15-13-30/h4-11,17H,2-3,12-16H2,1H3,(H2,25,26,27,28,29);2-8,10,16H,9,11-15H2,1H3,(H3,24,25,26,27,28,29,31)/b9-8+;7-6+. The van der Waals surface area contributed by atoms with Crippen molar-refractivity contribution < 1.29 is 19.1 Å². The van der Waals surface area contributed by atoms with E-state index in [4.69, 9.17) is 9.47 Å². The van der Waals surface area contributed by atoms with Crippen LogP contribution in [0.5, 0.6) is 0 Å². The summed E-state index contributed by atoms with van der Waals surface area (Å²) in [5.74, 6) is 3.82. The first-order valence-electron chi connectivity index (χ1n) is 21.5. The van der Waals surface area contributed by atoms with Crippen molar-refractivity contribution in [3.05, 3.63) is 125 Å². The number of Topliss-reactive ketones (excluding diaryl/α,β-unsaturated/α-hetero) is 1. The Hall–Kier alpha value is -6.92. The molecule has 2 aliphatic heterocycles. The van der Waals surface area contributed by atoms with Gasteiger partial charge in [-0.2, -0.15) is 10.2 Å². The molecule has 17 nitrogen and oxygen atoms in total. The second-order valence-electron chi connectivity index (χ2n) is 15.4. The summed E-state index contributed by atoms with van der Waals surface area (Å²) in [7, 11) is 0. The molecule has 0 unspecified atom stereocenters. The number of anilines is 5. The number of carbonyl (C=O) groups is 2. The van der Waals surface area contributed by atoms with Gasteiger partial charge < -0.3 is 25.4 Å². The highest BCUT2D eigenvalue weighted by Crippen LogP contribution is 2.19. The quantitative estimate of drug-likeness (QED) is 0.0599. The molecule has 0 radical (unpaired) electrons. The summed E-state index contributed by atoms with van der Waals surface area (Å²) in [5, 5.41) is 22.8. The molecule has 64 heavy (non-hydrogen) atoms. The predicted octanol–water partition coefficient (Wildman–Crippen LogP) is 6.80. The first-order chi connectivity index (χ1) is 31.3. The van der Waals surface area contributed by atoms with Crippen molar-refractivity contribution in [3.8, 4) is 0 Å². The number of ketones is 1. The van der Waals surface area contributed by atoms with Gasteiger partial charge in [-0.15, -0.1) is 0 Å². The second kappa shape index (κ2) is 23.5. The lowest BCUT2D eigenvalue weighted by molar-refractivity contribution is -0.116. The van der Waals surface area contributed by atoms with Crippen LogP contribution in [-0.2, 0) is 14.3 Å². The molecule has 0 bridgehead atoms. The van der Waals surface area contributed by atoms with Gasteiger partial charge in [0, 0.05) is 69.8 Å². The molecule has 6 aromatic rings. The monoisotopic (exact) mass is 865 g/mol. The number of hydrogen-bond donors (Lipinski definition) is 5. The van der Waals surface area contributed by atoms with Gasteiger partial charge in [-0.3, -0.25) is 29.6 Å². The Morgan fingerprint density at radius 2 is 1.11 bits per heavy atom. The van der Waals surface area contributed by atoms with E-state index in [1.54, 1.807) is 36.7 Å². The Bertz CT molecular complexity index is 2430. The number of aromatic nitrogens is 8. The molecule has 0 saturated carbocycles. The fraction of sp³-hybridized carbons (Fsp3) is 0.319. The SMILES string of the molecule is Cc1ccc(/C=C/c2nc(NC(=O)CCN3CCOCC3)cc(Nc3ccn[nH]3)n2)cc1.Cc1ccc(/C=C/c2nc(Nc3ccn[nH]3)cc(C(=O)CCCN3CCOCC3)n2)cc1. The van der Waals surface area contributed by atoms with E-state index in [9.17, 15) is 9.59 Å². The maximum atomic E-state index is 12.9. The lowest BCUT2D eigenvalue weighted by atomic mass is 10.1. The van der Waals surface area contributed by atoms with E-state index < -0.39 is 0 Å². The van der Waals surface area contributed by atoms with Gasteiger partial charge in [-0.25, -0.2) is 19.9 Å². The molecule has 6 heterocycles. The van der Waals surface area contributed by atoms with Crippen LogP contribution in [0.25, 0.3) is 24.3 Å². The van der Waals surface area contributed by atoms with E-state index in [2.05, 4.69) is 104 Å². The number of ether oxygens (including phenoxy) is 2. The molecule has 0 spiro atoms. The number of amides is 1. The second-order valence-corrected chi connectivity index (χ2v) is 15.4. The van der Waals surface area contributed by atoms with Gasteiger partial charge in [-0.05, 0) is 50.1 Å². The lowest BCUT2D eigenvalue weighted by Crippen LogP contribution is -2.38. The normalized spacial score (nSPS) is 14.6. The van der Waals surface area contributed by atoms with Crippen LogP contribution in [0.1, 0.15) is 63.7 Å². The summed E-state index contributed by atoms with van der Waals surface area (Å²) < 4.78 is 10.7. The topological polar surface area (TPSA) is 204 Å². The zero-order valence-electron chi connectivity index (χ0n) is 36.3. The Kier molecular flexibility index (Phi) is 16.6. The van der Waals surface area contributed by atoms with Gasteiger partial charge in [0.2, 0.25) is 5.91 Å². The summed E-state index contributed by atoms with van der Waals surface area (Å²) in [6.07, 6.45) is 12.5. The van der Waals surface area contributed by atoms with Crippen LogP contribution in [0.4, 0.5) is 29.1 Å². The summed E-state index contributed by atoms with van der Waals surface area (Å²) in [6, 6.07) is 23.4. The summed E-state index contributed by atoms with van der Waals surface area (Å²) in [4.78, 5) is 48.1. The third kappa shape index (κ3) is 14.9. The third-order valence-corrected chi connectivity index (χ3v) is 10.3. The van der Waals surface area contributed by atoms with Gasteiger partial charge in [0.05, 0.1) is 38.8 Å².